The quantitative estimate of drug-likeness (QED) is 0.683. The molecular weight excluding hydrogens is 285 g/mol. The standard InChI is InChI=1S/C11H7F3O4S/c12-11(13,14)19(16,17)18-10-6-2-3-7-8(10)4-1-5-9(7)15/h1-6,15H. The van der Waals surface area contributed by atoms with Crippen molar-refractivity contribution in [2.75, 3.05) is 0 Å². The number of phenolic OH excluding ortho intramolecular Hbond substituents is 1. The molecule has 2 aromatic carbocycles. The van der Waals surface area contributed by atoms with E-state index in [0.717, 1.165) is 6.07 Å². The first-order valence-corrected chi connectivity index (χ1v) is 6.35. The highest BCUT2D eigenvalue weighted by Gasteiger charge is 2.48. The van der Waals surface area contributed by atoms with Crippen LogP contribution in [0.15, 0.2) is 36.4 Å². The normalized spacial score (nSPS) is 12.6. The molecule has 0 atom stereocenters. The van der Waals surface area contributed by atoms with E-state index in [9.17, 15) is 26.7 Å². The van der Waals surface area contributed by atoms with E-state index in [-0.39, 0.29) is 16.5 Å². The smallest absolute Gasteiger partial charge is 0.507 e. The molecule has 4 nitrogen and oxygen atoms in total. The molecule has 0 amide bonds. The number of rotatable bonds is 2. The molecule has 0 aliphatic heterocycles. The fourth-order valence-corrected chi connectivity index (χ4v) is 1.98. The monoisotopic (exact) mass is 292 g/mol. The van der Waals surface area contributed by atoms with Crippen LogP contribution in [-0.4, -0.2) is 19.0 Å². The van der Waals surface area contributed by atoms with E-state index in [0.29, 0.717) is 0 Å². The highest BCUT2D eigenvalue weighted by molar-refractivity contribution is 7.88. The van der Waals surface area contributed by atoms with E-state index >= 15 is 0 Å². The molecule has 19 heavy (non-hydrogen) atoms. The summed E-state index contributed by atoms with van der Waals surface area (Å²) >= 11 is 0. The molecule has 0 saturated heterocycles. The van der Waals surface area contributed by atoms with E-state index in [1.165, 1.54) is 30.3 Å². The Balaban J connectivity index is 2.57. The van der Waals surface area contributed by atoms with E-state index < -0.39 is 21.4 Å². The lowest BCUT2D eigenvalue weighted by Gasteiger charge is -2.11. The van der Waals surface area contributed by atoms with Gasteiger partial charge >= 0.3 is 15.6 Å². The predicted molar refractivity (Wildman–Crippen MR) is 61.2 cm³/mol. The molecule has 0 aromatic heterocycles. The number of fused-ring (bicyclic) bond motifs is 1. The minimum atomic E-state index is -5.74. The summed E-state index contributed by atoms with van der Waals surface area (Å²) in [5.41, 5.74) is -5.51. The van der Waals surface area contributed by atoms with Crippen molar-refractivity contribution in [2.45, 2.75) is 5.51 Å². The van der Waals surface area contributed by atoms with Crippen LogP contribution in [0.2, 0.25) is 0 Å². The number of halogens is 3. The molecule has 0 heterocycles. The number of benzene rings is 2. The average Bonchev–Trinajstić information content (AvgIpc) is 2.28. The highest BCUT2D eigenvalue weighted by Crippen LogP contribution is 2.34. The molecular formula is C11H7F3O4S. The van der Waals surface area contributed by atoms with Gasteiger partial charge in [-0.15, -0.1) is 0 Å². The first-order valence-electron chi connectivity index (χ1n) is 4.94. The highest BCUT2D eigenvalue weighted by atomic mass is 32.2. The third-order valence-electron chi connectivity index (χ3n) is 2.34. The number of hydrogen-bond acceptors (Lipinski definition) is 4. The fraction of sp³-hybridized carbons (Fsp3) is 0.0909. The van der Waals surface area contributed by atoms with Crippen LogP contribution >= 0.6 is 0 Å². The van der Waals surface area contributed by atoms with Crippen molar-refractivity contribution in [3.05, 3.63) is 36.4 Å². The first kappa shape index (κ1) is 13.5. The van der Waals surface area contributed by atoms with Gasteiger partial charge in [-0.3, -0.25) is 0 Å². The zero-order valence-electron chi connectivity index (χ0n) is 9.18. The Labute approximate surface area is 106 Å². The summed E-state index contributed by atoms with van der Waals surface area (Å²) in [4.78, 5) is 0. The first-order chi connectivity index (χ1) is 8.72. The summed E-state index contributed by atoms with van der Waals surface area (Å²) in [5.74, 6) is -0.682. The SMILES string of the molecule is O=S(=O)(Oc1cccc2c(O)cccc12)C(F)(F)F. The van der Waals surface area contributed by atoms with Gasteiger partial charge in [-0.25, -0.2) is 0 Å². The van der Waals surface area contributed by atoms with Gasteiger partial charge < -0.3 is 9.29 Å². The summed E-state index contributed by atoms with van der Waals surface area (Å²) in [6.07, 6.45) is 0. The van der Waals surface area contributed by atoms with Crippen LogP contribution in [-0.2, 0) is 10.1 Å². The fourth-order valence-electron chi connectivity index (χ4n) is 1.50. The summed E-state index contributed by atoms with van der Waals surface area (Å²) in [6.45, 7) is 0. The second kappa shape index (κ2) is 4.30. The molecule has 0 aliphatic rings. The van der Waals surface area contributed by atoms with E-state index in [1.54, 1.807) is 0 Å². The summed E-state index contributed by atoms with van der Waals surface area (Å²) < 4.78 is 62.7. The van der Waals surface area contributed by atoms with Gasteiger partial charge in [0.05, 0.1) is 0 Å². The molecule has 0 saturated carbocycles. The predicted octanol–water partition coefficient (Wildman–Crippen LogP) is 2.77. The minimum Gasteiger partial charge on any atom is -0.507 e. The van der Waals surface area contributed by atoms with Gasteiger partial charge in [-0.05, 0) is 12.1 Å². The molecule has 0 spiro atoms. The topological polar surface area (TPSA) is 63.6 Å². The molecule has 102 valence electrons. The zero-order valence-corrected chi connectivity index (χ0v) is 9.99. The summed E-state index contributed by atoms with van der Waals surface area (Å²) in [5, 5.41) is 9.78. The molecule has 0 aliphatic carbocycles. The van der Waals surface area contributed by atoms with Crippen LogP contribution in [0.3, 0.4) is 0 Å². The van der Waals surface area contributed by atoms with Crippen LogP contribution in [0, 0.1) is 0 Å². The molecule has 8 heteroatoms. The van der Waals surface area contributed by atoms with Crippen molar-refractivity contribution in [1.29, 1.82) is 0 Å². The molecule has 2 aromatic rings. The van der Waals surface area contributed by atoms with Gasteiger partial charge in [0.2, 0.25) is 0 Å². The van der Waals surface area contributed by atoms with E-state index in [2.05, 4.69) is 4.18 Å². The molecule has 0 radical (unpaired) electrons. The minimum absolute atomic E-state index is 0.0651. The summed E-state index contributed by atoms with van der Waals surface area (Å²) in [6, 6.07) is 7.82. The lowest BCUT2D eigenvalue weighted by Crippen LogP contribution is -2.28. The van der Waals surface area contributed by atoms with Crippen molar-refractivity contribution in [3.63, 3.8) is 0 Å². The lowest BCUT2D eigenvalue weighted by atomic mass is 10.1. The Morgan fingerprint density at radius 1 is 1.00 bits per heavy atom. The second-order valence-electron chi connectivity index (χ2n) is 3.61. The number of phenols is 1. The van der Waals surface area contributed by atoms with Gasteiger partial charge in [-0.1, -0.05) is 24.3 Å². The molecule has 0 fully saturated rings. The average molecular weight is 292 g/mol. The van der Waals surface area contributed by atoms with Crippen LogP contribution in [0.25, 0.3) is 10.8 Å². The number of aromatic hydroxyl groups is 1. The van der Waals surface area contributed by atoms with Crippen molar-refractivity contribution in [3.8, 4) is 11.5 Å². The van der Waals surface area contributed by atoms with Crippen molar-refractivity contribution < 1.29 is 30.9 Å². The van der Waals surface area contributed by atoms with Crippen molar-refractivity contribution in [2.24, 2.45) is 0 Å². The Kier molecular flexibility index (Phi) is 3.05. The zero-order chi connectivity index (χ0) is 14.3. The van der Waals surface area contributed by atoms with Crippen LogP contribution in [0.4, 0.5) is 13.2 Å². The number of alkyl halides is 3. The molecule has 0 unspecified atom stereocenters. The van der Waals surface area contributed by atoms with Gasteiger partial charge in [0.25, 0.3) is 0 Å². The third kappa shape index (κ3) is 2.43. The molecule has 0 bridgehead atoms. The molecule has 2 rings (SSSR count). The van der Waals surface area contributed by atoms with Crippen LogP contribution in [0.5, 0.6) is 11.5 Å². The van der Waals surface area contributed by atoms with Crippen LogP contribution < -0.4 is 4.18 Å². The maximum absolute atomic E-state index is 12.2. The maximum Gasteiger partial charge on any atom is 0.534 e. The Hall–Kier alpha value is -1.96. The van der Waals surface area contributed by atoms with Crippen LogP contribution in [0.1, 0.15) is 0 Å². The Bertz CT molecular complexity index is 722. The Morgan fingerprint density at radius 2 is 1.58 bits per heavy atom. The maximum atomic E-state index is 12.2. The van der Waals surface area contributed by atoms with Crippen molar-refractivity contribution >= 4 is 20.9 Å². The van der Waals surface area contributed by atoms with Gasteiger partial charge in [0.1, 0.15) is 5.75 Å². The third-order valence-corrected chi connectivity index (χ3v) is 3.31. The van der Waals surface area contributed by atoms with Gasteiger partial charge in [0, 0.05) is 10.8 Å². The molecule has 1 N–H and O–H groups in total. The largest absolute Gasteiger partial charge is 0.534 e. The second-order valence-corrected chi connectivity index (χ2v) is 5.15. The Morgan fingerprint density at radius 3 is 2.21 bits per heavy atom. The van der Waals surface area contributed by atoms with Gasteiger partial charge in [0.15, 0.2) is 5.75 Å². The lowest BCUT2D eigenvalue weighted by molar-refractivity contribution is -0.0499. The van der Waals surface area contributed by atoms with Crippen molar-refractivity contribution in [1.82, 2.24) is 0 Å². The summed E-state index contributed by atoms with van der Waals surface area (Å²) in [7, 11) is -5.74. The van der Waals surface area contributed by atoms with Gasteiger partial charge in [-0.2, -0.15) is 21.6 Å². The number of hydrogen-bond donors (Lipinski definition) is 1. The van der Waals surface area contributed by atoms with E-state index in [1.807, 2.05) is 0 Å². The van der Waals surface area contributed by atoms with E-state index in [4.69, 9.17) is 0 Å².